The van der Waals surface area contributed by atoms with Gasteiger partial charge in [0, 0.05) is 30.2 Å². The maximum atomic E-state index is 12.5. The van der Waals surface area contributed by atoms with Gasteiger partial charge in [-0.05, 0) is 69.7 Å². The van der Waals surface area contributed by atoms with E-state index in [1.807, 2.05) is 26.0 Å². The molecule has 0 spiro atoms. The zero-order valence-electron chi connectivity index (χ0n) is 17.0. The van der Waals surface area contributed by atoms with Gasteiger partial charge in [-0.25, -0.2) is 0 Å². The minimum atomic E-state index is -1.04. The Labute approximate surface area is 171 Å². The zero-order valence-corrected chi connectivity index (χ0v) is 17.7. The summed E-state index contributed by atoms with van der Waals surface area (Å²) >= 11 is 5.87. The van der Waals surface area contributed by atoms with E-state index in [0.717, 1.165) is 5.56 Å². The Kier molecular flexibility index (Phi) is 7.08. The van der Waals surface area contributed by atoms with Crippen molar-refractivity contribution < 1.29 is 14.3 Å². The lowest BCUT2D eigenvalue weighted by Crippen LogP contribution is -2.46. The molecule has 5 nitrogen and oxygen atoms in total. The average Bonchev–Trinajstić information content (AvgIpc) is 2.66. The normalized spacial score (nSPS) is 11.2. The number of ether oxygens (including phenoxy) is 1. The van der Waals surface area contributed by atoms with Crippen molar-refractivity contribution in [3.05, 3.63) is 64.7 Å². The van der Waals surface area contributed by atoms with Gasteiger partial charge in [-0.2, -0.15) is 0 Å². The Bertz CT molecular complexity index is 815. The highest BCUT2D eigenvalue weighted by atomic mass is 35.5. The Morgan fingerprint density at radius 3 is 2.18 bits per heavy atom. The van der Waals surface area contributed by atoms with Crippen molar-refractivity contribution in [1.29, 1.82) is 0 Å². The van der Waals surface area contributed by atoms with Gasteiger partial charge in [-0.15, -0.1) is 0 Å². The van der Waals surface area contributed by atoms with Crippen molar-refractivity contribution in [2.45, 2.75) is 45.9 Å². The summed E-state index contributed by atoms with van der Waals surface area (Å²) in [5, 5.41) is 3.48. The molecular weight excluding hydrogens is 376 g/mol. The van der Waals surface area contributed by atoms with Crippen LogP contribution in [0.4, 0.5) is 0 Å². The van der Waals surface area contributed by atoms with Gasteiger partial charge < -0.3 is 15.0 Å². The number of hydrogen-bond acceptors (Lipinski definition) is 3. The monoisotopic (exact) mass is 402 g/mol. The van der Waals surface area contributed by atoms with Crippen molar-refractivity contribution in [3.63, 3.8) is 0 Å². The molecule has 2 aromatic carbocycles. The molecule has 0 atom stereocenters. The molecule has 150 valence electrons. The van der Waals surface area contributed by atoms with E-state index in [2.05, 4.69) is 5.32 Å². The Morgan fingerprint density at radius 1 is 1.07 bits per heavy atom. The molecule has 0 aliphatic carbocycles. The van der Waals surface area contributed by atoms with E-state index in [4.69, 9.17) is 16.3 Å². The number of amides is 2. The van der Waals surface area contributed by atoms with Crippen molar-refractivity contribution >= 4 is 23.4 Å². The first-order valence-corrected chi connectivity index (χ1v) is 9.57. The largest absolute Gasteiger partial charge is 0.478 e. The molecule has 0 saturated carbocycles. The molecule has 2 rings (SSSR count). The third-order valence-electron chi connectivity index (χ3n) is 4.48. The standard InChI is InChI=1S/C22H27ClN2O3/c1-15(2)25(5)20(26)17-8-6-16(7-9-17)14-24-21(27)22(3,4)28-19-12-10-18(23)11-13-19/h6-13,15H,14H2,1-5H3,(H,24,27). The molecule has 0 saturated heterocycles. The second-order valence-corrected chi connectivity index (χ2v) is 7.89. The fourth-order valence-corrected chi connectivity index (χ4v) is 2.57. The molecule has 0 aromatic heterocycles. The zero-order chi connectivity index (χ0) is 20.9. The summed E-state index contributed by atoms with van der Waals surface area (Å²) < 4.78 is 5.79. The number of nitrogens with zero attached hydrogens (tertiary/aromatic N) is 1. The van der Waals surface area contributed by atoms with Gasteiger partial charge in [-0.3, -0.25) is 9.59 Å². The third-order valence-corrected chi connectivity index (χ3v) is 4.73. The van der Waals surface area contributed by atoms with Gasteiger partial charge >= 0.3 is 0 Å². The van der Waals surface area contributed by atoms with E-state index in [0.29, 0.717) is 22.9 Å². The van der Waals surface area contributed by atoms with E-state index in [9.17, 15) is 9.59 Å². The molecule has 0 radical (unpaired) electrons. The minimum Gasteiger partial charge on any atom is -0.478 e. The smallest absolute Gasteiger partial charge is 0.263 e. The number of hydrogen-bond donors (Lipinski definition) is 1. The average molecular weight is 403 g/mol. The van der Waals surface area contributed by atoms with Crippen LogP contribution in [0.5, 0.6) is 5.75 Å². The molecule has 6 heteroatoms. The van der Waals surface area contributed by atoms with Crippen LogP contribution >= 0.6 is 11.6 Å². The Balaban J connectivity index is 1.94. The van der Waals surface area contributed by atoms with E-state index < -0.39 is 5.60 Å². The fraction of sp³-hybridized carbons (Fsp3) is 0.364. The molecular formula is C22H27ClN2O3. The number of rotatable bonds is 7. The number of carbonyl (C=O) groups is 2. The van der Waals surface area contributed by atoms with Crippen LogP contribution in [-0.2, 0) is 11.3 Å². The molecule has 0 bridgehead atoms. The van der Waals surface area contributed by atoms with E-state index >= 15 is 0 Å². The molecule has 2 amide bonds. The van der Waals surface area contributed by atoms with Gasteiger partial charge in [0.25, 0.3) is 11.8 Å². The van der Waals surface area contributed by atoms with E-state index in [1.54, 1.807) is 62.2 Å². The molecule has 0 unspecified atom stereocenters. The maximum absolute atomic E-state index is 12.5. The first-order chi connectivity index (χ1) is 13.1. The van der Waals surface area contributed by atoms with Crippen LogP contribution in [0.3, 0.4) is 0 Å². The first-order valence-electron chi connectivity index (χ1n) is 9.19. The maximum Gasteiger partial charge on any atom is 0.263 e. The topological polar surface area (TPSA) is 58.6 Å². The summed E-state index contributed by atoms with van der Waals surface area (Å²) in [5.41, 5.74) is 0.487. The molecule has 0 aliphatic rings. The van der Waals surface area contributed by atoms with Crippen molar-refractivity contribution in [1.82, 2.24) is 10.2 Å². The quantitative estimate of drug-likeness (QED) is 0.751. The van der Waals surface area contributed by atoms with Gasteiger partial charge in [0.1, 0.15) is 5.75 Å². The lowest BCUT2D eigenvalue weighted by molar-refractivity contribution is -0.134. The summed E-state index contributed by atoms with van der Waals surface area (Å²) in [4.78, 5) is 26.5. The summed E-state index contributed by atoms with van der Waals surface area (Å²) in [5.74, 6) is 0.312. The summed E-state index contributed by atoms with van der Waals surface area (Å²) in [6, 6.07) is 14.2. The van der Waals surface area contributed by atoms with Crippen LogP contribution in [0, 0.1) is 0 Å². The SMILES string of the molecule is CC(C)N(C)C(=O)c1ccc(CNC(=O)C(C)(C)Oc2ccc(Cl)cc2)cc1. The molecule has 0 heterocycles. The first kappa shape index (κ1) is 21.8. The molecule has 0 aliphatic heterocycles. The van der Waals surface area contributed by atoms with Gasteiger partial charge in [0.15, 0.2) is 5.60 Å². The summed E-state index contributed by atoms with van der Waals surface area (Å²) in [7, 11) is 1.78. The Morgan fingerprint density at radius 2 is 1.64 bits per heavy atom. The number of nitrogens with one attached hydrogen (secondary N) is 1. The lowest BCUT2D eigenvalue weighted by Gasteiger charge is -2.25. The predicted octanol–water partition coefficient (Wildman–Crippen LogP) is 4.29. The van der Waals surface area contributed by atoms with Crippen LogP contribution in [0.15, 0.2) is 48.5 Å². The lowest BCUT2D eigenvalue weighted by atomic mass is 10.1. The van der Waals surface area contributed by atoms with Crippen molar-refractivity contribution in [3.8, 4) is 5.75 Å². The van der Waals surface area contributed by atoms with Gasteiger partial charge in [0.2, 0.25) is 0 Å². The Hall–Kier alpha value is -2.53. The van der Waals surface area contributed by atoms with E-state index in [-0.39, 0.29) is 17.9 Å². The summed E-state index contributed by atoms with van der Waals surface area (Å²) in [6.45, 7) is 7.70. The summed E-state index contributed by atoms with van der Waals surface area (Å²) in [6.07, 6.45) is 0. The second-order valence-electron chi connectivity index (χ2n) is 7.46. The highest BCUT2D eigenvalue weighted by molar-refractivity contribution is 6.30. The minimum absolute atomic E-state index is 0.0249. The van der Waals surface area contributed by atoms with Crippen LogP contribution < -0.4 is 10.1 Å². The predicted molar refractivity (Wildman–Crippen MR) is 112 cm³/mol. The fourth-order valence-electron chi connectivity index (χ4n) is 2.44. The van der Waals surface area contributed by atoms with Crippen molar-refractivity contribution in [2.75, 3.05) is 7.05 Å². The highest BCUT2D eigenvalue weighted by Crippen LogP contribution is 2.21. The molecule has 28 heavy (non-hydrogen) atoms. The highest BCUT2D eigenvalue weighted by Gasteiger charge is 2.29. The van der Waals surface area contributed by atoms with E-state index in [1.165, 1.54) is 0 Å². The molecule has 0 fully saturated rings. The van der Waals surface area contributed by atoms with Gasteiger partial charge in [0.05, 0.1) is 0 Å². The number of halogens is 1. The van der Waals surface area contributed by atoms with Crippen LogP contribution in [-0.4, -0.2) is 35.4 Å². The van der Waals surface area contributed by atoms with Crippen molar-refractivity contribution in [2.24, 2.45) is 0 Å². The molecule has 2 aromatic rings. The van der Waals surface area contributed by atoms with Crippen LogP contribution in [0.1, 0.15) is 43.6 Å². The third kappa shape index (κ3) is 5.73. The number of carbonyl (C=O) groups excluding carboxylic acids is 2. The number of benzene rings is 2. The van der Waals surface area contributed by atoms with Crippen LogP contribution in [0.2, 0.25) is 5.02 Å². The van der Waals surface area contributed by atoms with Gasteiger partial charge in [-0.1, -0.05) is 23.7 Å². The second kappa shape index (κ2) is 9.11. The molecule has 1 N–H and O–H groups in total. The van der Waals surface area contributed by atoms with Crippen LogP contribution in [0.25, 0.3) is 0 Å².